The molecule has 0 spiro atoms. The second kappa shape index (κ2) is 5.37. The zero-order chi connectivity index (χ0) is 14.8. The number of hydrazine groups is 1. The minimum Gasteiger partial charge on any atom is -0.434 e. The van der Waals surface area contributed by atoms with Gasteiger partial charge < -0.3 is 10.2 Å². The Kier molecular flexibility index (Phi) is 3.41. The van der Waals surface area contributed by atoms with E-state index >= 15 is 0 Å². The van der Waals surface area contributed by atoms with Crippen molar-refractivity contribution in [3.05, 3.63) is 42.1 Å². The molecule has 0 unspecified atom stereocenters. The molecule has 108 valence electrons. The summed E-state index contributed by atoms with van der Waals surface area (Å²) >= 11 is 0. The predicted octanol–water partition coefficient (Wildman–Crippen LogP) is 2.07. The molecule has 0 amide bonds. The van der Waals surface area contributed by atoms with Crippen molar-refractivity contribution >= 4 is 11.5 Å². The molecule has 3 rings (SSSR count). The molecular formula is C14H16N6O. The summed E-state index contributed by atoms with van der Waals surface area (Å²) in [5.41, 5.74) is 4.98. The standard InChI is InChI=1S/C14H16N6O/c1-3-10-11(5-4-9(2)17-10)21-14-13-16-6-7-20(13)8-12(18-14)19-15/h4-8,19H,3,15H2,1-2H3. The van der Waals surface area contributed by atoms with Gasteiger partial charge in [-0.25, -0.2) is 10.8 Å². The fourth-order valence-corrected chi connectivity index (χ4v) is 2.09. The number of imidazole rings is 1. The van der Waals surface area contributed by atoms with Crippen molar-refractivity contribution < 1.29 is 4.74 Å². The Morgan fingerprint density at radius 1 is 1.33 bits per heavy atom. The van der Waals surface area contributed by atoms with E-state index in [2.05, 4.69) is 20.4 Å². The van der Waals surface area contributed by atoms with Crippen LogP contribution in [0.3, 0.4) is 0 Å². The van der Waals surface area contributed by atoms with Crippen LogP contribution >= 0.6 is 0 Å². The Morgan fingerprint density at radius 2 is 2.19 bits per heavy atom. The number of nitrogens with two attached hydrogens (primary N) is 1. The van der Waals surface area contributed by atoms with Crippen molar-refractivity contribution in [3.63, 3.8) is 0 Å². The molecule has 0 radical (unpaired) electrons. The zero-order valence-corrected chi connectivity index (χ0v) is 11.9. The summed E-state index contributed by atoms with van der Waals surface area (Å²) in [6, 6.07) is 3.80. The Bertz CT molecular complexity index is 782. The number of hydrogen-bond donors (Lipinski definition) is 2. The quantitative estimate of drug-likeness (QED) is 0.563. The number of pyridine rings is 1. The number of aryl methyl sites for hydroxylation is 2. The maximum atomic E-state index is 5.92. The maximum Gasteiger partial charge on any atom is 0.265 e. The summed E-state index contributed by atoms with van der Waals surface area (Å²) in [7, 11) is 0. The first kappa shape index (κ1) is 13.3. The first-order valence-electron chi connectivity index (χ1n) is 6.66. The van der Waals surface area contributed by atoms with Crippen molar-refractivity contribution in [1.29, 1.82) is 0 Å². The lowest BCUT2D eigenvalue weighted by Gasteiger charge is -2.11. The van der Waals surface area contributed by atoms with Gasteiger partial charge in [0.05, 0.1) is 11.9 Å². The van der Waals surface area contributed by atoms with Gasteiger partial charge in [0.15, 0.2) is 11.6 Å². The number of nitrogen functional groups attached to an aromatic ring is 1. The maximum absolute atomic E-state index is 5.92. The molecule has 0 aliphatic carbocycles. The molecule has 7 heteroatoms. The predicted molar refractivity (Wildman–Crippen MR) is 79.2 cm³/mol. The van der Waals surface area contributed by atoms with E-state index in [1.165, 1.54) is 0 Å². The first-order chi connectivity index (χ1) is 10.2. The molecule has 3 heterocycles. The van der Waals surface area contributed by atoms with E-state index in [0.29, 0.717) is 23.1 Å². The molecule has 0 saturated heterocycles. The van der Waals surface area contributed by atoms with E-state index in [9.17, 15) is 0 Å². The van der Waals surface area contributed by atoms with E-state index in [4.69, 9.17) is 10.6 Å². The molecule has 0 saturated carbocycles. The van der Waals surface area contributed by atoms with Crippen LogP contribution in [0.5, 0.6) is 11.6 Å². The van der Waals surface area contributed by atoms with Crippen LogP contribution in [0.25, 0.3) is 5.65 Å². The van der Waals surface area contributed by atoms with Gasteiger partial charge in [-0.2, -0.15) is 4.98 Å². The highest BCUT2D eigenvalue weighted by Gasteiger charge is 2.12. The average molecular weight is 284 g/mol. The SMILES string of the molecule is CCc1nc(C)ccc1Oc1nc(NN)cn2ccnc12. The van der Waals surface area contributed by atoms with E-state index in [0.717, 1.165) is 17.8 Å². The van der Waals surface area contributed by atoms with Gasteiger partial charge >= 0.3 is 0 Å². The number of rotatable bonds is 4. The molecule has 7 nitrogen and oxygen atoms in total. The normalized spacial score (nSPS) is 10.8. The number of hydrogen-bond acceptors (Lipinski definition) is 6. The molecule has 21 heavy (non-hydrogen) atoms. The lowest BCUT2D eigenvalue weighted by atomic mass is 10.2. The Labute approximate surface area is 121 Å². The molecule has 3 aromatic heterocycles. The molecular weight excluding hydrogens is 268 g/mol. The largest absolute Gasteiger partial charge is 0.434 e. The number of ether oxygens (including phenoxy) is 1. The molecule has 0 aliphatic rings. The monoisotopic (exact) mass is 284 g/mol. The third kappa shape index (κ3) is 2.50. The lowest BCUT2D eigenvalue weighted by Crippen LogP contribution is -2.10. The highest BCUT2D eigenvalue weighted by molar-refractivity contribution is 5.55. The number of aromatic nitrogens is 4. The molecule has 0 bridgehead atoms. The first-order valence-corrected chi connectivity index (χ1v) is 6.66. The fourth-order valence-electron chi connectivity index (χ4n) is 2.09. The third-order valence-corrected chi connectivity index (χ3v) is 3.10. The number of fused-ring (bicyclic) bond motifs is 1. The topological polar surface area (TPSA) is 90.4 Å². The van der Waals surface area contributed by atoms with E-state index in [1.807, 2.05) is 26.0 Å². The van der Waals surface area contributed by atoms with Gasteiger partial charge in [-0.3, -0.25) is 9.38 Å². The van der Waals surface area contributed by atoms with Crippen LogP contribution in [0, 0.1) is 6.92 Å². The molecule has 0 aliphatic heterocycles. The van der Waals surface area contributed by atoms with Crippen LogP contribution in [0.2, 0.25) is 0 Å². The molecule has 3 aromatic rings. The highest BCUT2D eigenvalue weighted by atomic mass is 16.5. The van der Waals surface area contributed by atoms with Crippen molar-refractivity contribution in [2.24, 2.45) is 5.84 Å². The van der Waals surface area contributed by atoms with Gasteiger partial charge in [0.2, 0.25) is 5.65 Å². The smallest absolute Gasteiger partial charge is 0.265 e. The van der Waals surface area contributed by atoms with Gasteiger partial charge in [0.25, 0.3) is 5.88 Å². The Morgan fingerprint density at radius 3 is 2.95 bits per heavy atom. The van der Waals surface area contributed by atoms with Gasteiger partial charge in [-0.05, 0) is 25.5 Å². The average Bonchev–Trinajstić information content (AvgIpc) is 2.97. The van der Waals surface area contributed by atoms with Crippen LogP contribution in [0.4, 0.5) is 5.82 Å². The van der Waals surface area contributed by atoms with Crippen LogP contribution in [-0.2, 0) is 6.42 Å². The van der Waals surface area contributed by atoms with E-state index in [-0.39, 0.29) is 0 Å². The third-order valence-electron chi connectivity index (χ3n) is 3.10. The van der Waals surface area contributed by atoms with Crippen molar-refractivity contribution in [1.82, 2.24) is 19.4 Å². The van der Waals surface area contributed by atoms with Crippen LogP contribution in [-0.4, -0.2) is 19.4 Å². The second-order valence-corrected chi connectivity index (χ2v) is 4.59. The van der Waals surface area contributed by atoms with E-state index < -0.39 is 0 Å². The van der Waals surface area contributed by atoms with Crippen molar-refractivity contribution in [2.75, 3.05) is 5.43 Å². The van der Waals surface area contributed by atoms with Gasteiger partial charge in [0.1, 0.15) is 0 Å². The molecule has 0 aromatic carbocycles. The van der Waals surface area contributed by atoms with Gasteiger partial charge in [0, 0.05) is 18.1 Å². The van der Waals surface area contributed by atoms with Gasteiger partial charge in [-0.1, -0.05) is 6.92 Å². The molecule has 0 fully saturated rings. The Hall–Kier alpha value is -2.67. The van der Waals surface area contributed by atoms with Crippen LogP contribution < -0.4 is 16.0 Å². The number of nitrogens with zero attached hydrogens (tertiary/aromatic N) is 4. The van der Waals surface area contributed by atoms with Crippen LogP contribution in [0.1, 0.15) is 18.3 Å². The molecule has 3 N–H and O–H groups in total. The number of anilines is 1. The Balaban J connectivity index is 2.07. The highest BCUT2D eigenvalue weighted by Crippen LogP contribution is 2.27. The summed E-state index contributed by atoms with van der Waals surface area (Å²) < 4.78 is 7.71. The lowest BCUT2D eigenvalue weighted by molar-refractivity contribution is 0.456. The summed E-state index contributed by atoms with van der Waals surface area (Å²) in [4.78, 5) is 13.0. The number of nitrogens with one attached hydrogen (secondary N) is 1. The zero-order valence-electron chi connectivity index (χ0n) is 11.9. The van der Waals surface area contributed by atoms with Crippen molar-refractivity contribution in [2.45, 2.75) is 20.3 Å². The summed E-state index contributed by atoms with van der Waals surface area (Å²) in [5, 5.41) is 0. The second-order valence-electron chi connectivity index (χ2n) is 4.59. The summed E-state index contributed by atoms with van der Waals surface area (Å²) in [6.07, 6.45) is 6.00. The summed E-state index contributed by atoms with van der Waals surface area (Å²) in [6.45, 7) is 3.98. The minimum atomic E-state index is 0.385. The van der Waals surface area contributed by atoms with Crippen LogP contribution in [0.15, 0.2) is 30.7 Å². The fraction of sp³-hybridized carbons (Fsp3) is 0.214. The van der Waals surface area contributed by atoms with Gasteiger partial charge in [-0.15, -0.1) is 0 Å². The molecule has 0 atom stereocenters. The minimum absolute atomic E-state index is 0.385. The van der Waals surface area contributed by atoms with E-state index in [1.54, 1.807) is 23.0 Å². The summed E-state index contributed by atoms with van der Waals surface area (Å²) in [5.74, 6) is 6.99. The van der Waals surface area contributed by atoms with Crippen molar-refractivity contribution in [3.8, 4) is 11.6 Å².